The first-order chi connectivity index (χ1) is 8.71. The predicted molar refractivity (Wildman–Crippen MR) is 77.9 cm³/mol. The van der Waals surface area contributed by atoms with Crippen molar-refractivity contribution in [2.75, 3.05) is 10.5 Å². The summed E-state index contributed by atoms with van der Waals surface area (Å²) in [4.78, 5) is 10.3. The van der Waals surface area contributed by atoms with E-state index in [4.69, 9.17) is 5.11 Å². The van der Waals surface area contributed by atoms with Crippen LogP contribution in [0.2, 0.25) is 0 Å². The summed E-state index contributed by atoms with van der Waals surface area (Å²) >= 11 is 3.41. The van der Waals surface area contributed by atoms with E-state index in [1.165, 1.54) is 0 Å². The van der Waals surface area contributed by atoms with Gasteiger partial charge in [0.1, 0.15) is 0 Å². The Kier molecular flexibility index (Phi) is 5.37. The Morgan fingerprint density at radius 1 is 1.32 bits per heavy atom. The normalized spacial score (nSPS) is 11.3. The summed E-state index contributed by atoms with van der Waals surface area (Å²) in [5.74, 6) is -1.20. The Morgan fingerprint density at radius 3 is 2.32 bits per heavy atom. The van der Waals surface area contributed by atoms with Crippen LogP contribution in [-0.2, 0) is 14.8 Å². The molecule has 2 N–H and O–H groups in total. The predicted octanol–water partition coefficient (Wildman–Crippen LogP) is 2.67. The molecule has 0 aromatic heterocycles. The Bertz CT molecular complexity index is 560. The molecule has 1 rings (SSSR count). The average molecular weight is 350 g/mol. The van der Waals surface area contributed by atoms with E-state index in [0.717, 1.165) is 15.6 Å². The SMILES string of the molecule is Cc1cc(NS(=O)(=O)CCCC(=O)O)cc(C)c1Br. The van der Waals surface area contributed by atoms with E-state index in [-0.39, 0.29) is 18.6 Å². The molecule has 1 aromatic carbocycles. The first-order valence-electron chi connectivity index (χ1n) is 5.70. The largest absolute Gasteiger partial charge is 0.481 e. The van der Waals surface area contributed by atoms with Crippen molar-refractivity contribution >= 4 is 37.6 Å². The fourth-order valence-corrected chi connectivity index (χ4v) is 2.98. The van der Waals surface area contributed by atoms with Crippen LogP contribution in [0.4, 0.5) is 5.69 Å². The van der Waals surface area contributed by atoms with Crippen molar-refractivity contribution in [1.82, 2.24) is 0 Å². The molecule has 0 amide bonds. The number of halogens is 1. The number of hydrogen-bond donors (Lipinski definition) is 2. The lowest BCUT2D eigenvalue weighted by Crippen LogP contribution is -2.17. The summed E-state index contributed by atoms with van der Waals surface area (Å²) in [6.07, 6.45) is -0.0571. The lowest BCUT2D eigenvalue weighted by molar-refractivity contribution is -0.137. The number of aliphatic carboxylic acids is 1. The molecule has 0 fully saturated rings. The van der Waals surface area contributed by atoms with Gasteiger partial charge >= 0.3 is 5.97 Å². The number of sulfonamides is 1. The van der Waals surface area contributed by atoms with E-state index in [1.54, 1.807) is 12.1 Å². The summed E-state index contributed by atoms with van der Waals surface area (Å²) in [7, 11) is -3.51. The van der Waals surface area contributed by atoms with Gasteiger partial charge in [0, 0.05) is 16.6 Å². The van der Waals surface area contributed by atoms with Crippen LogP contribution in [0.15, 0.2) is 16.6 Å². The molecule has 0 heterocycles. The van der Waals surface area contributed by atoms with Crippen molar-refractivity contribution in [3.05, 3.63) is 27.7 Å². The monoisotopic (exact) mass is 349 g/mol. The number of aryl methyl sites for hydroxylation is 2. The van der Waals surface area contributed by atoms with Gasteiger partial charge in [0.25, 0.3) is 0 Å². The lowest BCUT2D eigenvalue weighted by atomic mass is 10.1. The van der Waals surface area contributed by atoms with Gasteiger partial charge in [-0.05, 0) is 43.5 Å². The van der Waals surface area contributed by atoms with Crippen molar-refractivity contribution < 1.29 is 18.3 Å². The van der Waals surface area contributed by atoms with E-state index in [2.05, 4.69) is 20.7 Å². The van der Waals surface area contributed by atoms with Gasteiger partial charge in [0.15, 0.2) is 0 Å². The van der Waals surface area contributed by atoms with E-state index in [0.29, 0.717) is 5.69 Å². The van der Waals surface area contributed by atoms with Crippen molar-refractivity contribution in [1.29, 1.82) is 0 Å². The summed E-state index contributed by atoms with van der Waals surface area (Å²) in [6, 6.07) is 3.46. The Balaban J connectivity index is 2.76. The van der Waals surface area contributed by atoms with Crippen LogP contribution in [0.1, 0.15) is 24.0 Å². The molecular weight excluding hydrogens is 334 g/mol. The molecule has 106 valence electrons. The molecule has 0 aliphatic heterocycles. The average Bonchev–Trinajstić information content (AvgIpc) is 2.24. The lowest BCUT2D eigenvalue weighted by Gasteiger charge is -2.11. The zero-order valence-corrected chi connectivity index (χ0v) is 13.1. The molecule has 0 unspecified atom stereocenters. The van der Waals surface area contributed by atoms with Gasteiger partial charge in [-0.2, -0.15) is 0 Å². The van der Waals surface area contributed by atoms with E-state index in [9.17, 15) is 13.2 Å². The highest BCUT2D eigenvalue weighted by Gasteiger charge is 2.12. The minimum Gasteiger partial charge on any atom is -0.481 e. The summed E-state index contributed by atoms with van der Waals surface area (Å²) < 4.78 is 27.0. The van der Waals surface area contributed by atoms with E-state index >= 15 is 0 Å². The Morgan fingerprint density at radius 2 is 1.84 bits per heavy atom. The molecular formula is C12H16BrNO4S. The maximum atomic E-state index is 11.8. The topological polar surface area (TPSA) is 83.5 Å². The fraction of sp³-hybridized carbons (Fsp3) is 0.417. The van der Waals surface area contributed by atoms with Gasteiger partial charge < -0.3 is 5.11 Å². The molecule has 0 spiro atoms. The van der Waals surface area contributed by atoms with Gasteiger partial charge in [-0.15, -0.1) is 0 Å². The van der Waals surface area contributed by atoms with Crippen LogP contribution in [-0.4, -0.2) is 25.2 Å². The van der Waals surface area contributed by atoms with Crippen LogP contribution in [0.5, 0.6) is 0 Å². The molecule has 0 radical (unpaired) electrons. The molecule has 0 saturated carbocycles. The second kappa shape index (κ2) is 6.38. The number of carbonyl (C=O) groups is 1. The van der Waals surface area contributed by atoms with Crippen molar-refractivity contribution in [2.24, 2.45) is 0 Å². The molecule has 5 nitrogen and oxygen atoms in total. The molecule has 0 saturated heterocycles. The first kappa shape index (κ1) is 16.0. The maximum Gasteiger partial charge on any atom is 0.303 e. The van der Waals surface area contributed by atoms with E-state index in [1.807, 2.05) is 13.8 Å². The quantitative estimate of drug-likeness (QED) is 0.826. The van der Waals surface area contributed by atoms with Crippen LogP contribution in [0.3, 0.4) is 0 Å². The zero-order valence-electron chi connectivity index (χ0n) is 10.7. The van der Waals surface area contributed by atoms with Gasteiger partial charge in [-0.25, -0.2) is 8.42 Å². The Labute approximate surface area is 121 Å². The van der Waals surface area contributed by atoms with Crippen LogP contribution >= 0.6 is 15.9 Å². The highest BCUT2D eigenvalue weighted by Crippen LogP contribution is 2.25. The number of carboxylic acid groups (broad SMARTS) is 1. The molecule has 1 aromatic rings. The van der Waals surface area contributed by atoms with Crippen molar-refractivity contribution in [3.63, 3.8) is 0 Å². The smallest absolute Gasteiger partial charge is 0.303 e. The number of hydrogen-bond acceptors (Lipinski definition) is 3. The third-order valence-corrected chi connectivity index (χ3v) is 5.14. The molecule has 0 aliphatic rings. The minimum atomic E-state index is -3.51. The minimum absolute atomic E-state index is 0.0964. The number of carboxylic acids is 1. The molecule has 0 bridgehead atoms. The third kappa shape index (κ3) is 5.20. The van der Waals surface area contributed by atoms with Gasteiger partial charge in [-0.3, -0.25) is 9.52 Å². The van der Waals surface area contributed by atoms with Crippen LogP contribution < -0.4 is 4.72 Å². The first-order valence-corrected chi connectivity index (χ1v) is 8.15. The third-order valence-electron chi connectivity index (χ3n) is 2.51. The molecule has 0 aliphatic carbocycles. The maximum absolute atomic E-state index is 11.8. The van der Waals surface area contributed by atoms with E-state index < -0.39 is 16.0 Å². The second-order valence-corrected chi connectivity index (χ2v) is 6.98. The standard InChI is InChI=1S/C12H16BrNO4S/c1-8-6-10(7-9(2)12(8)13)14-19(17,18)5-3-4-11(15)16/h6-7,14H,3-5H2,1-2H3,(H,15,16). The summed E-state index contributed by atoms with van der Waals surface area (Å²) in [6.45, 7) is 3.75. The molecule has 7 heteroatoms. The van der Waals surface area contributed by atoms with Crippen molar-refractivity contribution in [3.8, 4) is 0 Å². The number of benzene rings is 1. The van der Waals surface area contributed by atoms with Gasteiger partial charge in [-0.1, -0.05) is 15.9 Å². The molecule has 19 heavy (non-hydrogen) atoms. The highest BCUT2D eigenvalue weighted by atomic mass is 79.9. The van der Waals surface area contributed by atoms with Crippen LogP contribution in [0, 0.1) is 13.8 Å². The Hall–Kier alpha value is -1.08. The number of anilines is 1. The number of nitrogens with one attached hydrogen (secondary N) is 1. The highest BCUT2D eigenvalue weighted by molar-refractivity contribution is 9.10. The summed E-state index contributed by atoms with van der Waals surface area (Å²) in [5.41, 5.74) is 2.36. The fourth-order valence-electron chi connectivity index (χ4n) is 1.65. The number of rotatable bonds is 6. The second-order valence-electron chi connectivity index (χ2n) is 4.34. The van der Waals surface area contributed by atoms with Crippen molar-refractivity contribution in [2.45, 2.75) is 26.7 Å². The zero-order chi connectivity index (χ0) is 14.6. The summed E-state index contributed by atoms with van der Waals surface area (Å²) in [5, 5.41) is 8.48. The molecule has 0 atom stereocenters. The van der Waals surface area contributed by atoms with Gasteiger partial charge in [0.05, 0.1) is 5.75 Å². The van der Waals surface area contributed by atoms with Crippen LogP contribution in [0.25, 0.3) is 0 Å². The van der Waals surface area contributed by atoms with Gasteiger partial charge in [0.2, 0.25) is 10.0 Å².